The molecule has 20 aromatic rings. The molecule has 2 N–H and O–H groups in total. The molecule has 4 spiro atoms. The topological polar surface area (TPSA) is 118 Å². The Morgan fingerprint density at radius 2 is 0.383 bits per heavy atom. The van der Waals surface area contributed by atoms with Crippen LogP contribution >= 0.6 is 11.6 Å². The largest absolute Gasteiger partial charge is 0.488 e. The molecule has 0 unspecified atom stereocenters. The lowest BCUT2D eigenvalue weighted by Gasteiger charge is -2.49. The fraction of sp³-hybridized carbons (Fsp3) is 0.0339. The molecular weight excluding hydrogens is 1580 g/mol. The smallest absolute Gasteiger partial charge is 0.423 e. The van der Waals surface area contributed by atoms with Gasteiger partial charge >= 0.3 is 7.12 Å². The molecule has 0 saturated carbocycles. The first-order chi connectivity index (χ1) is 63.2. The van der Waals surface area contributed by atoms with Crippen LogP contribution in [0.25, 0.3) is 124 Å². The van der Waals surface area contributed by atoms with Crippen molar-refractivity contribution >= 4 is 24.2 Å². The van der Waals surface area contributed by atoms with Gasteiger partial charge in [0.1, 0.15) is 0 Å². The third-order valence-electron chi connectivity index (χ3n) is 27.2. The van der Waals surface area contributed by atoms with E-state index in [-0.39, 0.29) is 0 Å². The fourth-order valence-electron chi connectivity index (χ4n) is 22.3. The van der Waals surface area contributed by atoms with Crippen LogP contribution in [0.4, 0.5) is 0 Å². The first-order valence-corrected chi connectivity index (χ1v) is 43.9. The molecule has 600 valence electrons. The monoisotopic (exact) mass is 1650 g/mol. The van der Waals surface area contributed by atoms with Crippen LogP contribution in [0.2, 0.25) is 5.02 Å². The molecule has 18 aromatic carbocycles. The summed E-state index contributed by atoms with van der Waals surface area (Å²) in [5.41, 5.74) is 37.1. The molecule has 2 aromatic heterocycles. The first-order valence-electron chi connectivity index (χ1n) is 43.5. The van der Waals surface area contributed by atoms with Crippen LogP contribution < -0.4 is 5.46 Å². The van der Waals surface area contributed by atoms with Crippen molar-refractivity contribution in [2.24, 2.45) is 0 Å². The van der Waals surface area contributed by atoms with E-state index in [2.05, 4.69) is 343 Å². The van der Waals surface area contributed by atoms with Gasteiger partial charge in [-0.2, -0.15) is 0 Å². The second-order valence-electron chi connectivity index (χ2n) is 33.5. The number of aromatic nitrogens is 6. The van der Waals surface area contributed by atoms with Gasteiger partial charge in [-0.25, -0.2) is 29.9 Å². The second-order valence-corrected chi connectivity index (χ2v) is 33.9. The summed E-state index contributed by atoms with van der Waals surface area (Å²) in [7, 11) is -1.55. The molecule has 0 bridgehead atoms. The van der Waals surface area contributed by atoms with Crippen LogP contribution in [0.1, 0.15) is 89.0 Å². The van der Waals surface area contributed by atoms with E-state index >= 15 is 0 Å². The van der Waals surface area contributed by atoms with Gasteiger partial charge in [0, 0.05) is 38.4 Å². The third kappa shape index (κ3) is 11.2. The maximum Gasteiger partial charge on any atom is 0.488 e. The first kappa shape index (κ1) is 76.0. The SMILES string of the molecule is Clc1cccc2c1C1(c3ccccc3-c3ccccc31)c1ccccc1C21c2ccccc2-c2ccccc21.OB(O)c1cccc(-c2nc(-c3ccccc3)nc(-c3ccccc3)n2)c1.c1ccc(-c2nc(-c3ccccc3)nc(-c3cccc(-c4cccc5c4C4(c6ccccc6-c6ccccc64)c4ccccc4C54c5ccccc5-c5ccccc54)c3)n2)cc1. The van der Waals surface area contributed by atoms with Crippen molar-refractivity contribution < 1.29 is 10.0 Å². The fourth-order valence-corrected chi connectivity index (χ4v) is 22.6. The average molecular weight is 1660 g/mol. The third-order valence-corrected chi connectivity index (χ3v) is 27.5. The number of fused-ring (bicyclic) bond motifs is 32. The number of hydrogen-bond acceptors (Lipinski definition) is 8. The van der Waals surface area contributed by atoms with Crippen molar-refractivity contribution in [3.8, 4) is 124 Å². The molecular formula is C118H76BClN6O2. The van der Waals surface area contributed by atoms with E-state index < -0.39 is 28.8 Å². The Bertz CT molecular complexity index is 7560. The average Bonchev–Trinajstić information content (AvgIpc) is 1.50. The van der Waals surface area contributed by atoms with E-state index in [1.54, 1.807) is 18.2 Å². The molecule has 0 amide bonds. The summed E-state index contributed by atoms with van der Waals surface area (Å²) < 4.78 is 0. The Hall–Kier alpha value is -15.7. The molecule has 2 heterocycles. The Balaban J connectivity index is 0.000000118. The zero-order valence-electron chi connectivity index (χ0n) is 69.3. The number of rotatable bonds is 8. The predicted octanol–water partition coefficient (Wildman–Crippen LogP) is 25.5. The Labute approximate surface area is 747 Å². The number of benzene rings is 18. The zero-order chi connectivity index (χ0) is 85.2. The molecule has 6 aliphatic rings. The van der Waals surface area contributed by atoms with Crippen molar-refractivity contribution in [2.75, 3.05) is 0 Å². The molecule has 0 fully saturated rings. The van der Waals surface area contributed by atoms with E-state index in [4.69, 9.17) is 26.6 Å². The highest BCUT2D eigenvalue weighted by Gasteiger charge is 2.62. The van der Waals surface area contributed by atoms with Crippen LogP contribution in [-0.4, -0.2) is 47.1 Å². The number of nitrogens with zero attached hydrogens (tertiary/aromatic N) is 6. The molecule has 0 saturated heterocycles. The number of halogens is 1. The maximum absolute atomic E-state index is 9.46. The summed E-state index contributed by atoms with van der Waals surface area (Å²) in [6.45, 7) is 0. The lowest BCUT2D eigenvalue weighted by molar-refractivity contribution is 0.426. The van der Waals surface area contributed by atoms with Crippen LogP contribution in [-0.2, 0) is 21.7 Å². The molecule has 0 radical (unpaired) electrons. The van der Waals surface area contributed by atoms with Gasteiger partial charge in [0.25, 0.3) is 0 Å². The summed E-state index contributed by atoms with van der Waals surface area (Å²) in [6, 6.07) is 160. The Morgan fingerprint density at radius 1 is 0.172 bits per heavy atom. The maximum atomic E-state index is 9.46. The molecule has 0 atom stereocenters. The van der Waals surface area contributed by atoms with E-state index in [9.17, 15) is 10.0 Å². The van der Waals surface area contributed by atoms with Crippen LogP contribution in [0, 0.1) is 0 Å². The summed E-state index contributed by atoms with van der Waals surface area (Å²) in [5, 5.41) is 19.7. The summed E-state index contributed by atoms with van der Waals surface area (Å²) >= 11 is 7.43. The number of hydrogen-bond donors (Lipinski definition) is 2. The highest BCUT2D eigenvalue weighted by Crippen LogP contribution is 2.71. The van der Waals surface area contributed by atoms with Gasteiger partial charge < -0.3 is 10.0 Å². The van der Waals surface area contributed by atoms with Crippen molar-refractivity contribution in [2.45, 2.75) is 21.7 Å². The van der Waals surface area contributed by atoms with Crippen molar-refractivity contribution in [1.29, 1.82) is 0 Å². The van der Waals surface area contributed by atoms with Crippen LogP contribution in [0.15, 0.2) is 449 Å². The predicted molar refractivity (Wildman–Crippen MR) is 515 cm³/mol. The molecule has 26 rings (SSSR count). The van der Waals surface area contributed by atoms with Gasteiger partial charge in [-0.05, 0) is 162 Å². The van der Waals surface area contributed by atoms with Crippen molar-refractivity contribution in [1.82, 2.24) is 29.9 Å². The minimum atomic E-state index is -1.55. The van der Waals surface area contributed by atoms with E-state index in [0.717, 1.165) is 38.4 Å². The quantitative estimate of drug-likeness (QED) is 0.145. The van der Waals surface area contributed by atoms with Gasteiger partial charge in [0.2, 0.25) is 0 Å². The minimum absolute atomic E-state index is 0.385. The van der Waals surface area contributed by atoms with E-state index in [1.807, 2.05) is 103 Å². The molecule has 128 heavy (non-hydrogen) atoms. The molecule has 8 nitrogen and oxygen atoms in total. The second kappa shape index (κ2) is 30.3. The molecule has 6 aliphatic carbocycles. The van der Waals surface area contributed by atoms with Gasteiger partial charge in [-0.15, -0.1) is 0 Å². The standard InChI is InChI=1S/C59H37N3.C38H23Cl.C21H16BN3O2/c1-3-19-38(20-4-1)55-60-56(39-21-5-2-6-22-39)62-57(61-55)41-24-17-23-40(37-41)42-29-18-36-53-54(42)59(49-32-13-9-27-45(49)46-28-10-14-33-50(46)59)52-35-16-15-34-51(52)58(53)47-30-11-7-25-43(47)44-26-8-12-31-48(44)58;39-35-23-11-22-34-36(35)38(30-18-7-3-14-26(30)27-15-4-8-19-31(27)38)33-21-10-9-20-32(33)37(34)28-16-5-1-12-24(28)25-13-2-6-17-29(25)37;26-22(27)18-13-7-12-17(14-18)21-24-19(15-8-3-1-4-9-15)23-20(25-21)16-10-5-2-6-11-16/h1-37H;1-23H;1-14,26-27H. The van der Waals surface area contributed by atoms with Crippen molar-refractivity contribution in [3.63, 3.8) is 0 Å². The summed E-state index contributed by atoms with van der Waals surface area (Å²) in [5.74, 6) is 3.53. The lowest BCUT2D eigenvalue weighted by Crippen LogP contribution is -2.44. The highest BCUT2D eigenvalue weighted by molar-refractivity contribution is 6.58. The highest BCUT2D eigenvalue weighted by atomic mass is 35.5. The lowest BCUT2D eigenvalue weighted by atomic mass is 9.51. The van der Waals surface area contributed by atoms with Gasteiger partial charge in [0.15, 0.2) is 34.9 Å². The summed E-state index contributed by atoms with van der Waals surface area (Å²) in [4.78, 5) is 29.2. The summed E-state index contributed by atoms with van der Waals surface area (Å²) in [6.07, 6.45) is 0. The van der Waals surface area contributed by atoms with E-state index in [1.165, 1.54) is 139 Å². The van der Waals surface area contributed by atoms with Gasteiger partial charge in [0.05, 0.1) is 21.7 Å². The Morgan fingerprint density at radius 3 is 0.711 bits per heavy atom. The Kier molecular flexibility index (Phi) is 18.0. The normalized spacial score (nSPS) is 13.8. The van der Waals surface area contributed by atoms with Crippen LogP contribution in [0.3, 0.4) is 0 Å². The zero-order valence-corrected chi connectivity index (χ0v) is 70.0. The molecule has 0 aliphatic heterocycles. The molecule has 10 heteroatoms. The van der Waals surface area contributed by atoms with Gasteiger partial charge in [-0.3, -0.25) is 0 Å². The van der Waals surface area contributed by atoms with Crippen LogP contribution in [0.5, 0.6) is 0 Å². The van der Waals surface area contributed by atoms with E-state index in [0.29, 0.717) is 46.0 Å². The van der Waals surface area contributed by atoms with Gasteiger partial charge in [-0.1, -0.05) is 448 Å². The minimum Gasteiger partial charge on any atom is -0.423 e. The van der Waals surface area contributed by atoms with Crippen molar-refractivity contribution in [3.05, 3.63) is 543 Å².